The van der Waals surface area contributed by atoms with Gasteiger partial charge in [0.1, 0.15) is 11.5 Å². The van der Waals surface area contributed by atoms with Crippen molar-refractivity contribution in [3.8, 4) is 11.5 Å². The van der Waals surface area contributed by atoms with Gasteiger partial charge in [0.05, 0.1) is 13.2 Å². The fourth-order valence-electron chi connectivity index (χ4n) is 2.89. The van der Waals surface area contributed by atoms with Gasteiger partial charge in [-0.3, -0.25) is 4.79 Å². The Balaban J connectivity index is 2.03. The lowest BCUT2D eigenvalue weighted by molar-refractivity contribution is -0.116. The van der Waals surface area contributed by atoms with E-state index in [0.717, 1.165) is 22.7 Å². The number of hydrogen-bond donors (Lipinski definition) is 1. The van der Waals surface area contributed by atoms with Crippen molar-refractivity contribution in [1.29, 1.82) is 0 Å². The lowest BCUT2D eigenvalue weighted by Crippen LogP contribution is -2.18. The molecule has 1 unspecified atom stereocenters. The average Bonchev–Trinajstić information content (AvgIpc) is 2.60. The van der Waals surface area contributed by atoms with Crippen molar-refractivity contribution in [2.24, 2.45) is 5.92 Å². The highest BCUT2D eigenvalue weighted by Crippen LogP contribution is 2.30. The van der Waals surface area contributed by atoms with E-state index in [-0.39, 0.29) is 17.9 Å². The van der Waals surface area contributed by atoms with Crippen LogP contribution in [0.1, 0.15) is 45.6 Å². The first kappa shape index (κ1) is 19.8. The van der Waals surface area contributed by atoms with Crippen LogP contribution >= 0.6 is 0 Å². The zero-order chi connectivity index (χ0) is 19.1. The number of hydrogen-bond acceptors (Lipinski definition) is 3. The summed E-state index contributed by atoms with van der Waals surface area (Å²) in [7, 11) is 1.62. The Bertz CT molecular complexity index is 690. The second-order valence-corrected chi connectivity index (χ2v) is 7.07. The Morgan fingerprint density at radius 1 is 0.923 bits per heavy atom. The molecule has 0 aliphatic carbocycles. The summed E-state index contributed by atoms with van der Waals surface area (Å²) < 4.78 is 10.8. The Kier molecular flexibility index (Phi) is 7.07. The Hall–Kier alpha value is -2.49. The van der Waals surface area contributed by atoms with Crippen LogP contribution in [0.25, 0.3) is 0 Å². The fourth-order valence-corrected chi connectivity index (χ4v) is 2.89. The monoisotopic (exact) mass is 355 g/mol. The lowest BCUT2D eigenvalue weighted by atomic mass is 9.85. The van der Waals surface area contributed by atoms with Crippen LogP contribution in [-0.2, 0) is 4.79 Å². The number of carbonyl (C=O) groups is 1. The molecule has 0 aliphatic rings. The number of ether oxygens (including phenoxy) is 2. The molecule has 1 amide bonds. The maximum atomic E-state index is 12.5. The lowest BCUT2D eigenvalue weighted by Gasteiger charge is -2.21. The molecule has 0 saturated heterocycles. The predicted molar refractivity (Wildman–Crippen MR) is 106 cm³/mol. The molecule has 2 aromatic rings. The van der Waals surface area contributed by atoms with Crippen molar-refractivity contribution in [2.45, 2.75) is 46.1 Å². The first-order chi connectivity index (χ1) is 12.4. The van der Waals surface area contributed by atoms with Crippen LogP contribution in [0, 0.1) is 5.92 Å². The smallest absolute Gasteiger partial charge is 0.224 e. The van der Waals surface area contributed by atoms with Crippen LogP contribution in [0.3, 0.4) is 0 Å². The molecule has 0 radical (unpaired) electrons. The van der Waals surface area contributed by atoms with Crippen molar-refractivity contribution in [2.75, 3.05) is 12.4 Å². The van der Waals surface area contributed by atoms with Gasteiger partial charge in [0, 0.05) is 12.1 Å². The van der Waals surface area contributed by atoms with Gasteiger partial charge < -0.3 is 14.8 Å². The summed E-state index contributed by atoms with van der Waals surface area (Å²) in [5.41, 5.74) is 1.93. The molecule has 140 valence electrons. The summed E-state index contributed by atoms with van der Waals surface area (Å²) in [4.78, 5) is 12.5. The number of benzene rings is 2. The zero-order valence-corrected chi connectivity index (χ0v) is 16.3. The maximum Gasteiger partial charge on any atom is 0.224 e. The van der Waals surface area contributed by atoms with Crippen LogP contribution in [0.5, 0.6) is 11.5 Å². The van der Waals surface area contributed by atoms with Crippen LogP contribution in [-0.4, -0.2) is 19.1 Å². The number of carbonyl (C=O) groups excluding carboxylic acids is 1. The summed E-state index contributed by atoms with van der Waals surface area (Å²) in [5, 5.41) is 2.97. The van der Waals surface area contributed by atoms with Crippen molar-refractivity contribution in [3.63, 3.8) is 0 Å². The van der Waals surface area contributed by atoms with Crippen LogP contribution in [0.4, 0.5) is 5.69 Å². The van der Waals surface area contributed by atoms with Gasteiger partial charge in [0.2, 0.25) is 5.91 Å². The van der Waals surface area contributed by atoms with E-state index in [1.165, 1.54) is 0 Å². The van der Waals surface area contributed by atoms with Gasteiger partial charge in [-0.2, -0.15) is 0 Å². The third-order valence-corrected chi connectivity index (χ3v) is 4.26. The van der Waals surface area contributed by atoms with Gasteiger partial charge >= 0.3 is 0 Å². The minimum Gasteiger partial charge on any atom is -0.497 e. The molecule has 0 spiro atoms. The quantitative estimate of drug-likeness (QED) is 0.703. The predicted octanol–water partition coefficient (Wildman–Crippen LogP) is 5.25. The van der Waals surface area contributed by atoms with Crippen molar-refractivity contribution >= 4 is 11.6 Å². The Labute approximate surface area is 156 Å². The molecule has 4 nitrogen and oxygen atoms in total. The van der Waals surface area contributed by atoms with E-state index in [4.69, 9.17) is 9.47 Å². The van der Waals surface area contributed by atoms with Crippen LogP contribution < -0.4 is 14.8 Å². The highest BCUT2D eigenvalue weighted by atomic mass is 16.5. The average molecular weight is 355 g/mol. The molecule has 26 heavy (non-hydrogen) atoms. The molecule has 0 heterocycles. The summed E-state index contributed by atoms with van der Waals surface area (Å²) in [6, 6.07) is 15.4. The van der Waals surface area contributed by atoms with E-state index in [9.17, 15) is 4.79 Å². The molecule has 0 bridgehead atoms. The minimum absolute atomic E-state index is 0.0105. The van der Waals surface area contributed by atoms with E-state index in [2.05, 4.69) is 31.3 Å². The van der Waals surface area contributed by atoms with Gasteiger partial charge in [0.25, 0.3) is 0 Å². The summed E-state index contributed by atoms with van der Waals surface area (Å²) >= 11 is 0. The molecule has 0 aliphatic heterocycles. The second kappa shape index (κ2) is 9.27. The molecular formula is C22H29NO3. The third kappa shape index (κ3) is 5.80. The van der Waals surface area contributed by atoms with Gasteiger partial charge in [-0.15, -0.1) is 0 Å². The SMILES string of the molecule is COc1ccc(NC(=O)CC(c2ccc(OC(C)C)cc2)C(C)C)cc1. The summed E-state index contributed by atoms with van der Waals surface area (Å²) in [5.74, 6) is 2.15. The largest absolute Gasteiger partial charge is 0.497 e. The van der Waals surface area contributed by atoms with Crippen LogP contribution in [0.2, 0.25) is 0 Å². The number of rotatable bonds is 8. The van der Waals surface area contributed by atoms with Crippen molar-refractivity contribution in [1.82, 2.24) is 0 Å². The fraction of sp³-hybridized carbons (Fsp3) is 0.409. The second-order valence-electron chi connectivity index (χ2n) is 7.07. The van der Waals surface area contributed by atoms with Gasteiger partial charge in [-0.1, -0.05) is 26.0 Å². The maximum absolute atomic E-state index is 12.5. The van der Waals surface area contributed by atoms with E-state index >= 15 is 0 Å². The van der Waals surface area contributed by atoms with E-state index in [1.807, 2.05) is 50.2 Å². The van der Waals surface area contributed by atoms with E-state index in [0.29, 0.717) is 12.3 Å². The normalized spacial score (nSPS) is 12.1. The highest BCUT2D eigenvalue weighted by molar-refractivity contribution is 5.91. The molecule has 4 heteroatoms. The molecule has 1 N–H and O–H groups in total. The summed E-state index contributed by atoms with van der Waals surface area (Å²) in [6.07, 6.45) is 0.589. The van der Waals surface area contributed by atoms with Gasteiger partial charge in [-0.05, 0) is 67.6 Å². The molecular weight excluding hydrogens is 326 g/mol. The number of amides is 1. The van der Waals surface area contributed by atoms with Crippen molar-refractivity contribution in [3.05, 3.63) is 54.1 Å². The van der Waals surface area contributed by atoms with Crippen molar-refractivity contribution < 1.29 is 14.3 Å². The Morgan fingerprint density at radius 2 is 1.50 bits per heavy atom. The zero-order valence-electron chi connectivity index (χ0n) is 16.3. The van der Waals surface area contributed by atoms with E-state index < -0.39 is 0 Å². The molecule has 1 atom stereocenters. The van der Waals surface area contributed by atoms with Gasteiger partial charge in [-0.25, -0.2) is 0 Å². The molecule has 0 fully saturated rings. The van der Waals surface area contributed by atoms with E-state index in [1.54, 1.807) is 7.11 Å². The molecule has 0 saturated carbocycles. The van der Waals surface area contributed by atoms with Gasteiger partial charge in [0.15, 0.2) is 0 Å². The standard InChI is InChI=1S/C22H29NO3/c1-15(2)21(17-6-10-20(11-7-17)26-16(3)4)14-22(24)23-18-8-12-19(25-5)13-9-18/h6-13,15-16,21H,14H2,1-5H3,(H,23,24). The molecule has 0 aromatic heterocycles. The first-order valence-electron chi connectivity index (χ1n) is 9.09. The molecule has 2 aromatic carbocycles. The number of methoxy groups -OCH3 is 1. The summed E-state index contributed by atoms with van der Waals surface area (Å²) in [6.45, 7) is 8.30. The number of nitrogens with one attached hydrogen (secondary N) is 1. The number of anilines is 1. The molecule has 2 rings (SSSR count). The minimum atomic E-state index is 0.0105. The van der Waals surface area contributed by atoms with Crippen LogP contribution in [0.15, 0.2) is 48.5 Å². The highest BCUT2D eigenvalue weighted by Gasteiger charge is 2.20. The first-order valence-corrected chi connectivity index (χ1v) is 9.09. The topological polar surface area (TPSA) is 47.6 Å². The Morgan fingerprint density at radius 3 is 2.00 bits per heavy atom. The third-order valence-electron chi connectivity index (χ3n) is 4.26.